The van der Waals surface area contributed by atoms with Crippen molar-refractivity contribution in [2.75, 3.05) is 13.1 Å². The summed E-state index contributed by atoms with van der Waals surface area (Å²) in [6.45, 7) is 1.88. The number of hydrogen-bond acceptors (Lipinski definition) is 2. The number of nitrogens with zero attached hydrogens (tertiary/aromatic N) is 1. The molecule has 2 N–H and O–H groups in total. The molecule has 4 heteroatoms. The predicted octanol–water partition coefficient (Wildman–Crippen LogP) is 1.81. The summed E-state index contributed by atoms with van der Waals surface area (Å²) in [5.41, 5.74) is 6.72. The molecule has 1 aromatic carbocycles. The molecule has 0 spiro atoms. The van der Waals surface area contributed by atoms with E-state index in [2.05, 4.69) is 0 Å². The first-order chi connectivity index (χ1) is 7.81. The summed E-state index contributed by atoms with van der Waals surface area (Å²) in [6, 6.07) is 10.1. The maximum absolute atomic E-state index is 12.0. The van der Waals surface area contributed by atoms with Gasteiger partial charge in [0, 0.05) is 25.6 Å². The fourth-order valence-corrected chi connectivity index (χ4v) is 1.82. The molecule has 1 amide bonds. The van der Waals surface area contributed by atoms with Crippen LogP contribution in [0.2, 0.25) is 0 Å². The number of nitrogens with two attached hydrogens (primary N) is 1. The van der Waals surface area contributed by atoms with Crippen LogP contribution >= 0.6 is 12.4 Å². The smallest absolute Gasteiger partial charge is 0.226 e. The van der Waals surface area contributed by atoms with Gasteiger partial charge in [-0.3, -0.25) is 4.79 Å². The zero-order chi connectivity index (χ0) is 11.4. The van der Waals surface area contributed by atoms with Crippen LogP contribution in [-0.4, -0.2) is 23.9 Å². The number of carbonyl (C=O) groups is 1. The Morgan fingerprint density at radius 3 is 2.47 bits per heavy atom. The van der Waals surface area contributed by atoms with Crippen LogP contribution in [0.1, 0.15) is 18.4 Å². The molecule has 17 heavy (non-hydrogen) atoms. The quantitative estimate of drug-likeness (QED) is 0.871. The zero-order valence-electron chi connectivity index (χ0n) is 9.84. The molecular formula is C13H19ClN2O. The number of amides is 1. The highest BCUT2D eigenvalue weighted by atomic mass is 35.5. The SMILES string of the molecule is Cl.NCCN(Cc1ccccc1)C(=O)C1CC1. The molecule has 1 fully saturated rings. The summed E-state index contributed by atoms with van der Waals surface area (Å²) in [7, 11) is 0. The molecular weight excluding hydrogens is 236 g/mol. The summed E-state index contributed by atoms with van der Waals surface area (Å²) in [6.07, 6.45) is 2.10. The number of benzene rings is 1. The van der Waals surface area contributed by atoms with Crippen LogP contribution in [0.25, 0.3) is 0 Å². The van der Waals surface area contributed by atoms with Gasteiger partial charge in [-0.05, 0) is 18.4 Å². The molecule has 1 saturated carbocycles. The zero-order valence-corrected chi connectivity index (χ0v) is 10.7. The first kappa shape index (κ1) is 14.0. The highest BCUT2D eigenvalue weighted by Crippen LogP contribution is 2.31. The largest absolute Gasteiger partial charge is 0.337 e. The van der Waals surface area contributed by atoms with Gasteiger partial charge < -0.3 is 10.6 Å². The molecule has 0 radical (unpaired) electrons. The summed E-state index contributed by atoms with van der Waals surface area (Å²) < 4.78 is 0. The van der Waals surface area contributed by atoms with Crippen molar-refractivity contribution in [1.29, 1.82) is 0 Å². The van der Waals surface area contributed by atoms with Crippen molar-refractivity contribution in [3.8, 4) is 0 Å². The van der Waals surface area contributed by atoms with Gasteiger partial charge in [-0.25, -0.2) is 0 Å². The Labute approximate surface area is 108 Å². The van der Waals surface area contributed by atoms with Crippen LogP contribution in [-0.2, 0) is 11.3 Å². The Balaban J connectivity index is 0.00000144. The van der Waals surface area contributed by atoms with Crippen molar-refractivity contribution in [3.63, 3.8) is 0 Å². The Morgan fingerprint density at radius 2 is 1.94 bits per heavy atom. The maximum atomic E-state index is 12.0. The van der Waals surface area contributed by atoms with E-state index in [0.717, 1.165) is 12.8 Å². The van der Waals surface area contributed by atoms with Crippen molar-refractivity contribution in [2.24, 2.45) is 11.7 Å². The van der Waals surface area contributed by atoms with E-state index in [1.54, 1.807) is 0 Å². The average molecular weight is 255 g/mol. The van der Waals surface area contributed by atoms with E-state index in [9.17, 15) is 4.79 Å². The van der Waals surface area contributed by atoms with Crippen molar-refractivity contribution in [1.82, 2.24) is 4.90 Å². The lowest BCUT2D eigenvalue weighted by atomic mass is 10.2. The minimum absolute atomic E-state index is 0. The van der Waals surface area contributed by atoms with E-state index in [-0.39, 0.29) is 24.2 Å². The minimum Gasteiger partial charge on any atom is -0.337 e. The Morgan fingerprint density at radius 1 is 1.29 bits per heavy atom. The van der Waals surface area contributed by atoms with Gasteiger partial charge in [-0.15, -0.1) is 12.4 Å². The summed E-state index contributed by atoms with van der Waals surface area (Å²) >= 11 is 0. The molecule has 1 aromatic rings. The third kappa shape index (κ3) is 4.02. The van der Waals surface area contributed by atoms with E-state index in [4.69, 9.17) is 5.73 Å². The molecule has 1 aliphatic carbocycles. The number of carbonyl (C=O) groups excluding carboxylic acids is 1. The molecule has 1 aliphatic rings. The lowest BCUT2D eigenvalue weighted by molar-refractivity contribution is -0.133. The number of rotatable bonds is 5. The molecule has 0 saturated heterocycles. The maximum Gasteiger partial charge on any atom is 0.226 e. The Kier molecular flexibility index (Phi) is 5.45. The van der Waals surface area contributed by atoms with Gasteiger partial charge in [-0.2, -0.15) is 0 Å². The lowest BCUT2D eigenvalue weighted by Gasteiger charge is -2.22. The van der Waals surface area contributed by atoms with Gasteiger partial charge in [0.2, 0.25) is 5.91 Å². The summed E-state index contributed by atoms with van der Waals surface area (Å²) in [5.74, 6) is 0.546. The second-order valence-electron chi connectivity index (χ2n) is 4.31. The predicted molar refractivity (Wildman–Crippen MR) is 70.9 cm³/mol. The van der Waals surface area contributed by atoms with E-state index in [1.165, 1.54) is 5.56 Å². The van der Waals surface area contributed by atoms with Crippen molar-refractivity contribution in [3.05, 3.63) is 35.9 Å². The average Bonchev–Trinajstić information content (AvgIpc) is 3.13. The second-order valence-corrected chi connectivity index (χ2v) is 4.31. The van der Waals surface area contributed by atoms with E-state index < -0.39 is 0 Å². The van der Waals surface area contributed by atoms with Crippen LogP contribution in [0.3, 0.4) is 0 Å². The number of hydrogen-bond donors (Lipinski definition) is 1. The van der Waals surface area contributed by atoms with Crippen LogP contribution in [0.5, 0.6) is 0 Å². The monoisotopic (exact) mass is 254 g/mol. The second kappa shape index (κ2) is 6.62. The first-order valence-electron chi connectivity index (χ1n) is 5.84. The molecule has 0 unspecified atom stereocenters. The fraction of sp³-hybridized carbons (Fsp3) is 0.462. The lowest BCUT2D eigenvalue weighted by Crippen LogP contribution is -2.35. The van der Waals surface area contributed by atoms with Crippen LogP contribution in [0, 0.1) is 5.92 Å². The third-order valence-electron chi connectivity index (χ3n) is 2.85. The highest BCUT2D eigenvalue weighted by molar-refractivity contribution is 5.85. The standard InChI is InChI=1S/C13H18N2O.ClH/c14-8-9-15(13(16)12-6-7-12)10-11-4-2-1-3-5-11;/h1-5,12H,6-10,14H2;1H. The van der Waals surface area contributed by atoms with Gasteiger partial charge in [0.05, 0.1) is 0 Å². The van der Waals surface area contributed by atoms with Gasteiger partial charge in [0.25, 0.3) is 0 Å². The summed E-state index contributed by atoms with van der Waals surface area (Å²) in [5, 5.41) is 0. The molecule has 94 valence electrons. The topological polar surface area (TPSA) is 46.3 Å². The Bertz CT molecular complexity index is 352. The third-order valence-corrected chi connectivity index (χ3v) is 2.85. The van der Waals surface area contributed by atoms with Crippen LogP contribution in [0.15, 0.2) is 30.3 Å². The highest BCUT2D eigenvalue weighted by Gasteiger charge is 2.32. The molecule has 0 aromatic heterocycles. The van der Waals surface area contributed by atoms with Crippen LogP contribution < -0.4 is 5.73 Å². The normalized spacial score (nSPS) is 13.9. The molecule has 0 heterocycles. The van der Waals surface area contributed by atoms with Crippen LogP contribution in [0.4, 0.5) is 0 Å². The number of halogens is 1. The molecule has 3 nitrogen and oxygen atoms in total. The molecule has 0 bridgehead atoms. The molecule has 2 rings (SSSR count). The van der Waals surface area contributed by atoms with Gasteiger partial charge in [0.1, 0.15) is 0 Å². The first-order valence-corrected chi connectivity index (χ1v) is 5.84. The minimum atomic E-state index is 0. The summed E-state index contributed by atoms with van der Waals surface area (Å²) in [4.78, 5) is 13.9. The van der Waals surface area contributed by atoms with Gasteiger partial charge in [0.15, 0.2) is 0 Å². The van der Waals surface area contributed by atoms with E-state index in [1.807, 2.05) is 35.2 Å². The van der Waals surface area contributed by atoms with E-state index >= 15 is 0 Å². The molecule has 0 atom stereocenters. The van der Waals surface area contributed by atoms with Crippen molar-refractivity contribution >= 4 is 18.3 Å². The van der Waals surface area contributed by atoms with E-state index in [0.29, 0.717) is 19.6 Å². The van der Waals surface area contributed by atoms with Gasteiger partial charge in [-0.1, -0.05) is 30.3 Å². The van der Waals surface area contributed by atoms with Gasteiger partial charge >= 0.3 is 0 Å². The fourth-order valence-electron chi connectivity index (χ4n) is 1.82. The van der Waals surface area contributed by atoms with Crippen molar-refractivity contribution in [2.45, 2.75) is 19.4 Å². The van der Waals surface area contributed by atoms with Crippen molar-refractivity contribution < 1.29 is 4.79 Å². The Hall–Kier alpha value is -1.06. The molecule has 0 aliphatic heterocycles.